The van der Waals surface area contributed by atoms with Crippen molar-refractivity contribution in [2.45, 2.75) is 32.1 Å². The lowest BCUT2D eigenvalue weighted by molar-refractivity contribution is 0.542. The standard InChI is InChI=1S/C13H19I/c1-2-7-12(10-6-11-14)13-8-4-3-5-9-13/h2-4,8,12H,1,5-7,9-11H2/t12-/m0/s1. The topological polar surface area (TPSA) is 0 Å². The Morgan fingerprint density at radius 2 is 2.43 bits per heavy atom. The zero-order chi connectivity index (χ0) is 10.2. The molecule has 0 radical (unpaired) electrons. The van der Waals surface area contributed by atoms with E-state index in [-0.39, 0.29) is 0 Å². The Morgan fingerprint density at radius 1 is 1.57 bits per heavy atom. The highest BCUT2D eigenvalue weighted by Crippen LogP contribution is 2.27. The van der Waals surface area contributed by atoms with Crippen molar-refractivity contribution in [2.75, 3.05) is 4.43 Å². The van der Waals surface area contributed by atoms with E-state index >= 15 is 0 Å². The molecule has 0 N–H and O–H groups in total. The normalized spacial score (nSPS) is 17.6. The second kappa shape index (κ2) is 7.27. The molecule has 1 aliphatic carbocycles. The van der Waals surface area contributed by atoms with E-state index in [2.05, 4.69) is 53.5 Å². The molecule has 0 saturated carbocycles. The molecule has 0 amide bonds. The molecule has 1 aliphatic rings. The van der Waals surface area contributed by atoms with E-state index in [0.29, 0.717) is 0 Å². The Balaban J connectivity index is 2.51. The van der Waals surface area contributed by atoms with E-state index in [1.165, 1.54) is 30.1 Å². The number of hydrogen-bond acceptors (Lipinski definition) is 0. The van der Waals surface area contributed by atoms with Crippen LogP contribution in [0.25, 0.3) is 0 Å². The van der Waals surface area contributed by atoms with E-state index < -0.39 is 0 Å². The summed E-state index contributed by atoms with van der Waals surface area (Å²) in [7, 11) is 0. The third kappa shape index (κ3) is 3.99. The van der Waals surface area contributed by atoms with Gasteiger partial charge in [-0.3, -0.25) is 0 Å². The lowest BCUT2D eigenvalue weighted by Gasteiger charge is -2.19. The summed E-state index contributed by atoms with van der Waals surface area (Å²) in [5.74, 6) is 0.757. The van der Waals surface area contributed by atoms with Crippen LogP contribution >= 0.6 is 22.6 Å². The van der Waals surface area contributed by atoms with Gasteiger partial charge in [-0.2, -0.15) is 0 Å². The van der Waals surface area contributed by atoms with Gasteiger partial charge in [-0.15, -0.1) is 6.58 Å². The summed E-state index contributed by atoms with van der Waals surface area (Å²) >= 11 is 2.46. The predicted molar refractivity (Wildman–Crippen MR) is 72.9 cm³/mol. The number of alkyl halides is 1. The van der Waals surface area contributed by atoms with Crippen molar-refractivity contribution >= 4 is 22.6 Å². The van der Waals surface area contributed by atoms with Gasteiger partial charge >= 0.3 is 0 Å². The van der Waals surface area contributed by atoms with E-state index in [1.54, 1.807) is 5.57 Å². The lowest BCUT2D eigenvalue weighted by atomic mass is 9.86. The van der Waals surface area contributed by atoms with Crippen LogP contribution in [0.4, 0.5) is 0 Å². The van der Waals surface area contributed by atoms with Crippen LogP contribution in [0.5, 0.6) is 0 Å². The summed E-state index contributed by atoms with van der Waals surface area (Å²) in [6.07, 6.45) is 15.1. The van der Waals surface area contributed by atoms with Crippen molar-refractivity contribution in [1.82, 2.24) is 0 Å². The fourth-order valence-corrected chi connectivity index (χ4v) is 2.38. The van der Waals surface area contributed by atoms with Crippen LogP contribution in [0.3, 0.4) is 0 Å². The zero-order valence-corrected chi connectivity index (χ0v) is 10.9. The minimum absolute atomic E-state index is 0.757. The first-order chi connectivity index (χ1) is 6.88. The van der Waals surface area contributed by atoms with E-state index in [1.807, 2.05) is 0 Å². The monoisotopic (exact) mass is 302 g/mol. The van der Waals surface area contributed by atoms with Crippen LogP contribution in [-0.4, -0.2) is 4.43 Å². The first-order valence-electron chi connectivity index (χ1n) is 5.41. The quantitative estimate of drug-likeness (QED) is 0.380. The van der Waals surface area contributed by atoms with Gasteiger partial charge in [0.25, 0.3) is 0 Å². The summed E-state index contributed by atoms with van der Waals surface area (Å²) < 4.78 is 1.27. The van der Waals surface area contributed by atoms with E-state index in [9.17, 15) is 0 Å². The minimum Gasteiger partial charge on any atom is -0.103 e. The summed E-state index contributed by atoms with van der Waals surface area (Å²) in [4.78, 5) is 0. The molecule has 0 fully saturated rings. The molecular formula is C13H19I. The molecule has 1 heteroatoms. The molecule has 0 nitrogen and oxygen atoms in total. The second-order valence-electron chi connectivity index (χ2n) is 3.76. The summed E-state index contributed by atoms with van der Waals surface area (Å²) in [6, 6.07) is 0. The van der Waals surface area contributed by atoms with Gasteiger partial charge in [0.2, 0.25) is 0 Å². The number of hydrogen-bond donors (Lipinski definition) is 0. The Bertz CT molecular complexity index is 225. The molecule has 0 spiro atoms. The fourth-order valence-electron chi connectivity index (χ4n) is 1.94. The van der Waals surface area contributed by atoms with Crippen LogP contribution in [0.2, 0.25) is 0 Å². The molecule has 78 valence electrons. The second-order valence-corrected chi connectivity index (χ2v) is 4.84. The van der Waals surface area contributed by atoms with Gasteiger partial charge in [-0.05, 0) is 42.4 Å². The molecule has 0 aliphatic heterocycles. The third-order valence-corrected chi connectivity index (χ3v) is 3.47. The van der Waals surface area contributed by atoms with E-state index in [4.69, 9.17) is 0 Å². The van der Waals surface area contributed by atoms with Crippen LogP contribution < -0.4 is 0 Å². The van der Waals surface area contributed by atoms with Crippen molar-refractivity contribution in [2.24, 2.45) is 5.92 Å². The van der Waals surface area contributed by atoms with Gasteiger partial charge in [0, 0.05) is 0 Å². The molecular weight excluding hydrogens is 283 g/mol. The van der Waals surface area contributed by atoms with Crippen molar-refractivity contribution < 1.29 is 0 Å². The average Bonchev–Trinajstić information content (AvgIpc) is 2.25. The van der Waals surface area contributed by atoms with Gasteiger partial charge < -0.3 is 0 Å². The van der Waals surface area contributed by atoms with Crippen molar-refractivity contribution in [3.05, 3.63) is 36.5 Å². The molecule has 0 aromatic heterocycles. The molecule has 0 aromatic rings. The maximum absolute atomic E-state index is 3.86. The minimum atomic E-state index is 0.757. The first-order valence-corrected chi connectivity index (χ1v) is 6.93. The molecule has 1 rings (SSSR count). The highest BCUT2D eigenvalue weighted by Gasteiger charge is 2.12. The number of rotatable bonds is 6. The average molecular weight is 302 g/mol. The highest BCUT2D eigenvalue weighted by atomic mass is 127. The molecule has 0 aromatic carbocycles. The molecule has 1 atom stereocenters. The zero-order valence-electron chi connectivity index (χ0n) is 8.71. The number of halogens is 1. The van der Waals surface area contributed by atoms with Gasteiger partial charge in [0.15, 0.2) is 0 Å². The van der Waals surface area contributed by atoms with Crippen molar-refractivity contribution in [3.8, 4) is 0 Å². The van der Waals surface area contributed by atoms with Gasteiger partial charge in [-0.25, -0.2) is 0 Å². The van der Waals surface area contributed by atoms with Crippen LogP contribution in [0, 0.1) is 5.92 Å². The molecule has 0 unspecified atom stereocenters. The third-order valence-electron chi connectivity index (χ3n) is 2.71. The van der Waals surface area contributed by atoms with Crippen molar-refractivity contribution in [3.63, 3.8) is 0 Å². The van der Waals surface area contributed by atoms with Gasteiger partial charge in [0.05, 0.1) is 0 Å². The van der Waals surface area contributed by atoms with Crippen molar-refractivity contribution in [1.29, 1.82) is 0 Å². The van der Waals surface area contributed by atoms with E-state index in [0.717, 1.165) is 12.3 Å². The largest absolute Gasteiger partial charge is 0.103 e. The van der Waals surface area contributed by atoms with Gasteiger partial charge in [-0.1, -0.05) is 52.5 Å². The summed E-state index contributed by atoms with van der Waals surface area (Å²) in [5.41, 5.74) is 1.64. The fraction of sp³-hybridized carbons (Fsp3) is 0.538. The van der Waals surface area contributed by atoms with Gasteiger partial charge in [0.1, 0.15) is 0 Å². The Kier molecular flexibility index (Phi) is 6.24. The Hall–Kier alpha value is -0.0500. The Morgan fingerprint density at radius 3 is 3.00 bits per heavy atom. The van der Waals surface area contributed by atoms with Crippen LogP contribution in [-0.2, 0) is 0 Å². The highest BCUT2D eigenvalue weighted by molar-refractivity contribution is 14.1. The summed E-state index contributed by atoms with van der Waals surface area (Å²) in [6.45, 7) is 3.86. The van der Waals surface area contributed by atoms with Crippen LogP contribution in [0.1, 0.15) is 32.1 Å². The Labute approximate surface area is 101 Å². The maximum atomic E-state index is 3.86. The lowest BCUT2D eigenvalue weighted by Crippen LogP contribution is -2.05. The molecule has 0 saturated heterocycles. The SMILES string of the molecule is C=CC[C@@H](CCCI)C1=CC=CCC1. The molecule has 0 bridgehead atoms. The smallest absolute Gasteiger partial charge is 0.000451 e. The maximum Gasteiger partial charge on any atom is -0.000451 e. The molecule has 14 heavy (non-hydrogen) atoms. The first kappa shape index (κ1) is 12.0. The summed E-state index contributed by atoms with van der Waals surface area (Å²) in [5, 5.41) is 0. The molecule has 0 heterocycles. The number of allylic oxidation sites excluding steroid dienone is 5. The van der Waals surface area contributed by atoms with Crippen LogP contribution in [0.15, 0.2) is 36.5 Å². The predicted octanol–water partition coefficient (Wildman–Crippen LogP) is 4.67.